The van der Waals surface area contributed by atoms with E-state index in [-0.39, 0.29) is 11.2 Å². The summed E-state index contributed by atoms with van der Waals surface area (Å²) in [6.45, 7) is 8.17. The van der Waals surface area contributed by atoms with E-state index in [2.05, 4.69) is 4.98 Å². The van der Waals surface area contributed by atoms with Crippen molar-refractivity contribution in [2.24, 2.45) is 0 Å². The summed E-state index contributed by atoms with van der Waals surface area (Å²) >= 11 is 0. The number of aromatic nitrogens is 1. The molecule has 0 aliphatic carbocycles. The zero-order valence-electron chi connectivity index (χ0n) is 12.3. The molecule has 1 aliphatic rings. The Morgan fingerprint density at radius 1 is 1.05 bits per heavy atom. The zero-order valence-corrected chi connectivity index (χ0v) is 12.3. The van der Waals surface area contributed by atoms with Crippen LogP contribution in [0.3, 0.4) is 0 Å². The first-order chi connectivity index (χ1) is 9.32. The Labute approximate surface area is 119 Å². The summed E-state index contributed by atoms with van der Waals surface area (Å²) in [5.74, 6) is 0. The molecule has 1 aromatic carbocycles. The summed E-state index contributed by atoms with van der Waals surface area (Å²) in [6.07, 6.45) is 1.76. The maximum Gasteiger partial charge on any atom is 0.497 e. The van der Waals surface area contributed by atoms with Crippen LogP contribution in [-0.4, -0.2) is 23.3 Å². The monoisotopic (exact) mass is 270 g/mol. The molecule has 2 heterocycles. The fraction of sp³-hybridized carbons (Fsp3) is 0.400. The lowest BCUT2D eigenvalue weighted by Gasteiger charge is -2.32. The van der Waals surface area contributed by atoms with Gasteiger partial charge >= 0.3 is 7.12 Å². The number of fused-ring (bicyclic) bond motifs is 1. The van der Waals surface area contributed by atoms with E-state index < -0.39 is 7.12 Å². The van der Waals surface area contributed by atoms with Gasteiger partial charge in [0.25, 0.3) is 0 Å². The Kier molecular flexibility index (Phi) is 2.82. The molecule has 4 nitrogen and oxygen atoms in total. The second-order valence-corrected chi connectivity index (χ2v) is 6.23. The van der Waals surface area contributed by atoms with E-state index >= 15 is 0 Å². The van der Waals surface area contributed by atoms with Gasteiger partial charge in [-0.15, -0.1) is 0 Å². The molecule has 104 valence electrons. The van der Waals surface area contributed by atoms with Crippen LogP contribution in [0.15, 0.2) is 30.5 Å². The minimum atomic E-state index is -0.419. The minimum absolute atomic E-state index is 0.361. The molecule has 0 bridgehead atoms. The molecule has 0 radical (unpaired) electrons. The van der Waals surface area contributed by atoms with Crippen LogP contribution < -0.4 is 11.2 Å². The second-order valence-electron chi connectivity index (χ2n) is 6.23. The summed E-state index contributed by atoms with van der Waals surface area (Å²) in [5.41, 5.74) is 7.77. The van der Waals surface area contributed by atoms with E-state index in [0.29, 0.717) is 5.69 Å². The van der Waals surface area contributed by atoms with Crippen molar-refractivity contribution in [1.29, 1.82) is 0 Å². The number of hydrogen-bond acceptors (Lipinski definition) is 4. The lowest BCUT2D eigenvalue weighted by molar-refractivity contribution is 0.00578. The summed E-state index contributed by atoms with van der Waals surface area (Å²) < 4.78 is 12.2. The number of pyridine rings is 1. The molecule has 2 aromatic rings. The van der Waals surface area contributed by atoms with E-state index in [0.717, 1.165) is 16.4 Å². The number of rotatable bonds is 1. The lowest BCUT2D eigenvalue weighted by atomic mass is 9.77. The predicted octanol–water partition coefficient (Wildman–Crippen LogP) is 2.12. The molecule has 0 spiro atoms. The van der Waals surface area contributed by atoms with Crippen molar-refractivity contribution < 1.29 is 9.31 Å². The SMILES string of the molecule is CC1(C)OB(c2ccc(N)c3cccnc23)OC1(C)C. The van der Waals surface area contributed by atoms with Crippen LogP contribution >= 0.6 is 0 Å². The highest BCUT2D eigenvalue weighted by molar-refractivity contribution is 6.65. The van der Waals surface area contributed by atoms with Crippen LogP contribution in [-0.2, 0) is 9.31 Å². The number of hydrogen-bond donors (Lipinski definition) is 1. The smallest absolute Gasteiger partial charge is 0.399 e. The summed E-state index contributed by atoms with van der Waals surface area (Å²) in [5, 5.41) is 0.930. The van der Waals surface area contributed by atoms with E-state index in [9.17, 15) is 0 Å². The van der Waals surface area contributed by atoms with Gasteiger partial charge in [-0.1, -0.05) is 6.07 Å². The third kappa shape index (κ3) is 1.89. The van der Waals surface area contributed by atoms with Crippen molar-refractivity contribution in [3.05, 3.63) is 30.5 Å². The van der Waals surface area contributed by atoms with E-state index in [1.165, 1.54) is 0 Å². The number of benzene rings is 1. The van der Waals surface area contributed by atoms with Crippen LogP contribution in [0, 0.1) is 0 Å². The Hall–Kier alpha value is -1.59. The van der Waals surface area contributed by atoms with Crippen molar-refractivity contribution in [1.82, 2.24) is 4.98 Å². The third-order valence-electron chi connectivity index (χ3n) is 4.34. The molecule has 5 heteroatoms. The molecule has 2 N–H and O–H groups in total. The fourth-order valence-electron chi connectivity index (χ4n) is 2.38. The normalized spacial score (nSPS) is 20.5. The van der Waals surface area contributed by atoms with Crippen LogP contribution in [0.4, 0.5) is 5.69 Å². The molecular weight excluding hydrogens is 251 g/mol. The van der Waals surface area contributed by atoms with Crippen LogP contribution in [0.2, 0.25) is 0 Å². The second kappa shape index (κ2) is 4.20. The van der Waals surface area contributed by atoms with Gasteiger partial charge in [0.2, 0.25) is 0 Å². The Balaban J connectivity index is 2.11. The Morgan fingerprint density at radius 3 is 2.35 bits per heavy atom. The molecule has 0 amide bonds. The molecule has 0 saturated carbocycles. The van der Waals surface area contributed by atoms with Gasteiger partial charge in [-0.3, -0.25) is 4.98 Å². The van der Waals surface area contributed by atoms with Gasteiger partial charge in [0, 0.05) is 22.7 Å². The molecule has 1 fully saturated rings. The number of anilines is 1. The van der Waals surface area contributed by atoms with Crippen LogP contribution in [0.5, 0.6) is 0 Å². The topological polar surface area (TPSA) is 57.4 Å². The van der Waals surface area contributed by atoms with Gasteiger partial charge in [0.15, 0.2) is 0 Å². The van der Waals surface area contributed by atoms with Crippen molar-refractivity contribution >= 4 is 29.2 Å². The lowest BCUT2D eigenvalue weighted by Crippen LogP contribution is -2.41. The molecule has 20 heavy (non-hydrogen) atoms. The van der Waals surface area contributed by atoms with Gasteiger partial charge < -0.3 is 15.0 Å². The largest absolute Gasteiger partial charge is 0.497 e. The maximum atomic E-state index is 6.10. The molecule has 3 rings (SSSR count). The third-order valence-corrected chi connectivity index (χ3v) is 4.34. The highest BCUT2D eigenvalue weighted by Gasteiger charge is 2.52. The van der Waals surface area contributed by atoms with Crippen LogP contribution in [0.1, 0.15) is 27.7 Å². The quantitative estimate of drug-likeness (QED) is 0.637. The van der Waals surface area contributed by atoms with Crippen molar-refractivity contribution in [2.75, 3.05) is 5.73 Å². The van der Waals surface area contributed by atoms with Crippen molar-refractivity contribution in [3.63, 3.8) is 0 Å². The fourth-order valence-corrected chi connectivity index (χ4v) is 2.38. The van der Waals surface area contributed by atoms with E-state index in [1.54, 1.807) is 6.20 Å². The number of nitrogens with zero attached hydrogens (tertiary/aromatic N) is 1. The van der Waals surface area contributed by atoms with E-state index in [1.807, 2.05) is 52.0 Å². The summed E-state index contributed by atoms with van der Waals surface area (Å²) in [7, 11) is -0.419. The first kappa shape index (κ1) is 13.4. The standard InChI is InChI=1S/C15H19BN2O2/c1-14(2)15(3,4)20-16(19-14)11-7-8-12(17)10-6-5-9-18-13(10)11/h5-9H,17H2,1-4H3. The van der Waals surface area contributed by atoms with Crippen LogP contribution in [0.25, 0.3) is 10.9 Å². The molecule has 0 unspecified atom stereocenters. The average Bonchev–Trinajstić information content (AvgIpc) is 2.59. The number of nitrogens with two attached hydrogens (primary N) is 1. The molecular formula is C15H19BN2O2. The van der Waals surface area contributed by atoms with Crippen molar-refractivity contribution in [2.45, 2.75) is 38.9 Å². The average molecular weight is 270 g/mol. The zero-order chi connectivity index (χ0) is 14.5. The first-order valence-electron chi connectivity index (χ1n) is 6.80. The number of nitrogen functional groups attached to an aromatic ring is 1. The van der Waals surface area contributed by atoms with Gasteiger partial charge in [-0.05, 0) is 45.9 Å². The van der Waals surface area contributed by atoms with Gasteiger partial charge in [-0.2, -0.15) is 0 Å². The highest BCUT2D eigenvalue weighted by Crippen LogP contribution is 2.37. The Morgan fingerprint density at radius 2 is 1.70 bits per heavy atom. The molecule has 1 aliphatic heterocycles. The van der Waals surface area contributed by atoms with Gasteiger partial charge in [0.05, 0.1) is 16.7 Å². The highest BCUT2D eigenvalue weighted by atomic mass is 16.7. The maximum absolute atomic E-state index is 6.10. The van der Waals surface area contributed by atoms with Gasteiger partial charge in [0.1, 0.15) is 0 Å². The van der Waals surface area contributed by atoms with Crippen molar-refractivity contribution in [3.8, 4) is 0 Å². The first-order valence-corrected chi connectivity index (χ1v) is 6.80. The summed E-state index contributed by atoms with van der Waals surface area (Å²) in [4.78, 5) is 4.44. The Bertz CT molecular complexity index is 654. The predicted molar refractivity (Wildman–Crippen MR) is 81.9 cm³/mol. The van der Waals surface area contributed by atoms with Gasteiger partial charge in [-0.25, -0.2) is 0 Å². The molecule has 0 atom stereocenters. The molecule has 1 saturated heterocycles. The molecule has 1 aromatic heterocycles. The van der Waals surface area contributed by atoms with E-state index in [4.69, 9.17) is 15.0 Å². The minimum Gasteiger partial charge on any atom is -0.399 e. The summed E-state index contributed by atoms with van der Waals surface area (Å²) in [6, 6.07) is 7.66.